The smallest absolute Gasteiger partial charge is 0.322 e. The second kappa shape index (κ2) is 9.57. The summed E-state index contributed by atoms with van der Waals surface area (Å²) in [6, 6.07) is 14.0. The maximum Gasteiger partial charge on any atom is 0.322 e. The van der Waals surface area contributed by atoms with Crippen LogP contribution in [-0.4, -0.2) is 53.9 Å². The largest absolute Gasteiger partial charge is 0.505 e. The van der Waals surface area contributed by atoms with Crippen LogP contribution >= 0.6 is 0 Å². The summed E-state index contributed by atoms with van der Waals surface area (Å²) in [5.41, 5.74) is -0.340. The van der Waals surface area contributed by atoms with Gasteiger partial charge in [0.05, 0.1) is 12.0 Å². The van der Waals surface area contributed by atoms with E-state index < -0.39 is 24.2 Å². The molecular weight excluding hydrogens is 392 g/mol. The monoisotopic (exact) mass is 412 g/mol. The highest BCUT2D eigenvalue weighted by atomic mass is 16.5. The molecule has 1 heterocycles. The maximum absolute atomic E-state index is 12.3. The Labute approximate surface area is 171 Å². The summed E-state index contributed by atoms with van der Waals surface area (Å²) >= 11 is 0. The van der Waals surface area contributed by atoms with Crippen LogP contribution in [0.2, 0.25) is 0 Å². The molecule has 0 unspecified atom stereocenters. The van der Waals surface area contributed by atoms with Crippen molar-refractivity contribution in [1.29, 1.82) is 0 Å². The van der Waals surface area contributed by atoms with Crippen molar-refractivity contribution in [2.24, 2.45) is 0 Å². The van der Waals surface area contributed by atoms with Gasteiger partial charge in [-0.05, 0) is 30.3 Å². The van der Waals surface area contributed by atoms with Crippen LogP contribution in [0.5, 0.6) is 23.1 Å². The predicted molar refractivity (Wildman–Crippen MR) is 107 cm³/mol. The van der Waals surface area contributed by atoms with Crippen molar-refractivity contribution < 1.29 is 34.0 Å². The molecule has 3 aromatic rings. The summed E-state index contributed by atoms with van der Waals surface area (Å²) in [4.78, 5) is 27.1. The van der Waals surface area contributed by atoms with E-state index in [9.17, 15) is 14.7 Å². The van der Waals surface area contributed by atoms with Crippen LogP contribution in [0.1, 0.15) is 10.5 Å². The van der Waals surface area contributed by atoms with Gasteiger partial charge in [0.1, 0.15) is 24.7 Å². The first-order valence-electron chi connectivity index (χ1n) is 9.01. The van der Waals surface area contributed by atoms with E-state index in [1.807, 2.05) is 18.2 Å². The lowest BCUT2D eigenvalue weighted by Gasteiger charge is -2.14. The topological polar surface area (TPSA) is 127 Å². The minimum absolute atomic E-state index is 0.0823. The Bertz CT molecular complexity index is 1050. The summed E-state index contributed by atoms with van der Waals surface area (Å²) in [6.45, 7) is -0.171. The van der Waals surface area contributed by atoms with Crippen LogP contribution in [0.3, 0.4) is 0 Å². The lowest BCUT2D eigenvalue weighted by atomic mass is 10.1. The van der Waals surface area contributed by atoms with Gasteiger partial charge in [0, 0.05) is 12.5 Å². The van der Waals surface area contributed by atoms with E-state index in [4.69, 9.17) is 19.3 Å². The minimum Gasteiger partial charge on any atom is -0.505 e. The van der Waals surface area contributed by atoms with E-state index in [2.05, 4.69) is 10.3 Å². The van der Waals surface area contributed by atoms with Crippen molar-refractivity contribution in [1.82, 2.24) is 10.3 Å². The molecule has 9 heteroatoms. The Hall–Kier alpha value is -3.85. The lowest BCUT2D eigenvalue weighted by Crippen LogP contribution is -2.30. The molecule has 1 aromatic heterocycles. The highest BCUT2D eigenvalue weighted by Gasteiger charge is 2.21. The SMILES string of the molecule is COCCOc1nc(C(=O)NCC(=O)O)c(O)c2ccc(Oc3ccccc3)cc12. The number of nitrogens with zero attached hydrogens (tertiary/aromatic N) is 1. The third-order valence-electron chi connectivity index (χ3n) is 4.03. The number of carboxylic acids is 1. The van der Waals surface area contributed by atoms with Crippen LogP contribution in [0.25, 0.3) is 10.8 Å². The number of pyridine rings is 1. The fraction of sp³-hybridized carbons (Fsp3) is 0.190. The molecule has 3 N–H and O–H groups in total. The molecule has 0 fully saturated rings. The minimum atomic E-state index is -1.22. The average molecular weight is 412 g/mol. The predicted octanol–water partition coefficient (Wildman–Crippen LogP) is 2.57. The van der Waals surface area contributed by atoms with Crippen molar-refractivity contribution in [3.63, 3.8) is 0 Å². The van der Waals surface area contributed by atoms with E-state index in [1.54, 1.807) is 30.3 Å². The number of ether oxygens (including phenoxy) is 3. The van der Waals surface area contributed by atoms with Crippen molar-refractivity contribution in [2.75, 3.05) is 26.9 Å². The van der Waals surface area contributed by atoms with E-state index in [-0.39, 0.29) is 24.8 Å². The first-order valence-corrected chi connectivity index (χ1v) is 9.01. The van der Waals surface area contributed by atoms with Crippen molar-refractivity contribution in [3.05, 3.63) is 54.2 Å². The normalized spacial score (nSPS) is 10.6. The first-order chi connectivity index (χ1) is 14.5. The standard InChI is InChI=1S/C21H20N2O7/c1-28-9-10-29-21-16-11-14(30-13-5-3-2-4-6-13)7-8-15(16)19(26)18(23-21)20(27)22-12-17(24)25/h2-8,11,26H,9-10,12H2,1H3,(H,22,27)(H,24,25). The number of aromatic hydroxyl groups is 1. The van der Waals surface area contributed by atoms with Gasteiger partial charge in [-0.3, -0.25) is 9.59 Å². The molecular formula is C21H20N2O7. The fourth-order valence-corrected chi connectivity index (χ4v) is 2.67. The second-order valence-corrected chi connectivity index (χ2v) is 6.15. The van der Waals surface area contributed by atoms with Crippen LogP contribution in [0.15, 0.2) is 48.5 Å². The van der Waals surface area contributed by atoms with Gasteiger partial charge in [-0.1, -0.05) is 18.2 Å². The van der Waals surface area contributed by atoms with Crippen LogP contribution < -0.4 is 14.8 Å². The van der Waals surface area contributed by atoms with Crippen LogP contribution in [0.4, 0.5) is 0 Å². The zero-order valence-electron chi connectivity index (χ0n) is 16.1. The number of para-hydroxylation sites is 1. The number of rotatable bonds is 9. The Morgan fingerprint density at radius 3 is 2.50 bits per heavy atom. The number of carbonyl (C=O) groups is 2. The maximum atomic E-state index is 12.3. The highest BCUT2D eigenvalue weighted by Crippen LogP contribution is 2.36. The Kier molecular flexibility index (Phi) is 6.66. The number of nitrogens with one attached hydrogen (secondary N) is 1. The fourth-order valence-electron chi connectivity index (χ4n) is 2.67. The number of benzene rings is 2. The number of aliphatic carboxylic acids is 1. The molecule has 30 heavy (non-hydrogen) atoms. The molecule has 0 radical (unpaired) electrons. The van der Waals surface area contributed by atoms with E-state index >= 15 is 0 Å². The van der Waals surface area contributed by atoms with Gasteiger partial charge < -0.3 is 29.7 Å². The van der Waals surface area contributed by atoms with E-state index in [0.29, 0.717) is 22.3 Å². The number of carbonyl (C=O) groups excluding carboxylic acids is 1. The molecule has 9 nitrogen and oxygen atoms in total. The number of aromatic nitrogens is 1. The Morgan fingerprint density at radius 2 is 1.80 bits per heavy atom. The van der Waals surface area contributed by atoms with Gasteiger partial charge in [0.25, 0.3) is 5.91 Å². The van der Waals surface area contributed by atoms with E-state index in [1.165, 1.54) is 7.11 Å². The van der Waals surface area contributed by atoms with Gasteiger partial charge in [0.2, 0.25) is 5.88 Å². The van der Waals surface area contributed by atoms with E-state index in [0.717, 1.165) is 0 Å². The summed E-state index contributed by atoms with van der Waals surface area (Å²) in [7, 11) is 1.52. The molecule has 2 aromatic carbocycles. The molecule has 0 spiro atoms. The lowest BCUT2D eigenvalue weighted by molar-refractivity contribution is -0.135. The first kappa shape index (κ1) is 20.9. The Morgan fingerprint density at radius 1 is 1.03 bits per heavy atom. The summed E-state index contributed by atoms with van der Waals surface area (Å²) in [5.74, 6) is -1.26. The van der Waals surface area contributed by atoms with Gasteiger partial charge in [-0.2, -0.15) is 0 Å². The zero-order valence-corrected chi connectivity index (χ0v) is 16.1. The zero-order chi connectivity index (χ0) is 21.5. The molecule has 0 saturated heterocycles. The molecule has 0 atom stereocenters. The average Bonchev–Trinajstić information content (AvgIpc) is 2.74. The third-order valence-corrected chi connectivity index (χ3v) is 4.03. The second-order valence-electron chi connectivity index (χ2n) is 6.15. The third kappa shape index (κ3) is 4.95. The number of methoxy groups -OCH3 is 1. The highest BCUT2D eigenvalue weighted by molar-refractivity contribution is 6.04. The summed E-state index contributed by atoms with van der Waals surface area (Å²) in [6.07, 6.45) is 0. The van der Waals surface area contributed by atoms with Crippen molar-refractivity contribution >= 4 is 22.6 Å². The molecule has 1 amide bonds. The molecule has 0 bridgehead atoms. The molecule has 0 aliphatic heterocycles. The summed E-state index contributed by atoms with van der Waals surface area (Å²) in [5, 5.41) is 22.2. The molecule has 0 saturated carbocycles. The quantitative estimate of drug-likeness (QED) is 0.458. The molecule has 156 valence electrons. The van der Waals surface area contributed by atoms with Gasteiger partial charge in [-0.15, -0.1) is 0 Å². The number of hydrogen-bond donors (Lipinski definition) is 3. The molecule has 3 rings (SSSR count). The van der Waals surface area contributed by atoms with Gasteiger partial charge in [0.15, 0.2) is 11.4 Å². The number of carboxylic acid groups (broad SMARTS) is 1. The van der Waals surface area contributed by atoms with Crippen molar-refractivity contribution in [2.45, 2.75) is 0 Å². The van der Waals surface area contributed by atoms with Crippen molar-refractivity contribution in [3.8, 4) is 23.1 Å². The number of fused-ring (bicyclic) bond motifs is 1. The number of amides is 1. The van der Waals surface area contributed by atoms with Crippen LogP contribution in [0, 0.1) is 0 Å². The summed E-state index contributed by atoms with van der Waals surface area (Å²) < 4.78 is 16.4. The molecule has 0 aliphatic carbocycles. The molecule has 0 aliphatic rings. The van der Waals surface area contributed by atoms with Gasteiger partial charge in [-0.25, -0.2) is 4.98 Å². The Balaban J connectivity index is 2.01. The number of hydrogen-bond acceptors (Lipinski definition) is 7. The van der Waals surface area contributed by atoms with Crippen LogP contribution in [-0.2, 0) is 9.53 Å². The van der Waals surface area contributed by atoms with Gasteiger partial charge >= 0.3 is 5.97 Å².